The minimum atomic E-state index is -1.79. The zero-order valence-electron chi connectivity index (χ0n) is 9.40. The molecular formula is C12H16FNO2. The van der Waals surface area contributed by atoms with Gasteiger partial charge < -0.3 is 10.8 Å². The average Bonchev–Trinajstić information content (AvgIpc) is 2.17. The normalized spacial score (nSPS) is 16.5. The number of aliphatic hydroxyl groups is 1. The number of hydrogen-bond donors (Lipinski definition) is 2. The Morgan fingerprint density at radius 3 is 2.38 bits per heavy atom. The molecule has 1 aromatic carbocycles. The van der Waals surface area contributed by atoms with E-state index < -0.39 is 17.7 Å². The summed E-state index contributed by atoms with van der Waals surface area (Å²) in [4.78, 5) is 10.7. The summed E-state index contributed by atoms with van der Waals surface area (Å²) in [7, 11) is 0. The van der Waals surface area contributed by atoms with Crippen molar-refractivity contribution in [2.24, 2.45) is 5.73 Å². The van der Waals surface area contributed by atoms with Gasteiger partial charge >= 0.3 is 0 Å². The molecule has 4 heteroatoms. The zero-order chi connectivity index (χ0) is 12.3. The van der Waals surface area contributed by atoms with Crippen molar-refractivity contribution in [2.75, 3.05) is 0 Å². The number of aliphatic hydroxyl groups excluding tert-OH is 1. The van der Waals surface area contributed by atoms with E-state index in [1.807, 2.05) is 0 Å². The van der Waals surface area contributed by atoms with Crippen molar-refractivity contribution < 1.29 is 14.3 Å². The minimum Gasteiger partial charge on any atom is -0.390 e. The highest BCUT2D eigenvalue weighted by Crippen LogP contribution is 2.29. The molecular weight excluding hydrogens is 209 g/mol. The number of alkyl halides is 1. The van der Waals surface area contributed by atoms with Crippen LogP contribution < -0.4 is 5.73 Å². The van der Waals surface area contributed by atoms with Crippen molar-refractivity contribution in [3.8, 4) is 0 Å². The molecule has 88 valence electrons. The third-order valence-electron chi connectivity index (χ3n) is 2.68. The summed E-state index contributed by atoms with van der Waals surface area (Å²) in [5.74, 6) is -0.425. The molecule has 0 aromatic heterocycles. The molecule has 0 aliphatic heterocycles. The summed E-state index contributed by atoms with van der Waals surface area (Å²) in [6, 6.07) is 6.40. The van der Waals surface area contributed by atoms with Crippen LogP contribution in [0.3, 0.4) is 0 Å². The first kappa shape index (κ1) is 12.6. The van der Waals surface area contributed by atoms with Crippen molar-refractivity contribution in [3.63, 3.8) is 0 Å². The first-order valence-electron chi connectivity index (χ1n) is 5.08. The average molecular weight is 225 g/mol. The Morgan fingerprint density at radius 1 is 1.50 bits per heavy atom. The van der Waals surface area contributed by atoms with Crippen LogP contribution in [0.25, 0.3) is 0 Å². The van der Waals surface area contributed by atoms with Gasteiger partial charge in [0.1, 0.15) is 0 Å². The van der Waals surface area contributed by atoms with E-state index in [1.165, 1.54) is 13.8 Å². The van der Waals surface area contributed by atoms with E-state index in [-0.39, 0.29) is 6.42 Å². The Kier molecular flexibility index (Phi) is 3.65. The second-order valence-electron chi connectivity index (χ2n) is 4.09. The summed E-state index contributed by atoms with van der Waals surface area (Å²) in [6.07, 6.45) is -0.952. The lowest BCUT2D eigenvalue weighted by Crippen LogP contribution is -2.29. The van der Waals surface area contributed by atoms with Gasteiger partial charge in [-0.25, -0.2) is 4.39 Å². The Bertz CT molecular complexity index is 371. The largest absolute Gasteiger partial charge is 0.390 e. The molecule has 0 radical (unpaired) electrons. The molecule has 1 amide bonds. The van der Waals surface area contributed by atoms with Crippen LogP contribution in [-0.4, -0.2) is 17.1 Å². The maximum atomic E-state index is 14.0. The second kappa shape index (κ2) is 4.61. The summed E-state index contributed by atoms with van der Waals surface area (Å²) < 4.78 is 14.0. The van der Waals surface area contributed by atoms with Gasteiger partial charge in [0.15, 0.2) is 5.67 Å². The van der Waals surface area contributed by atoms with Gasteiger partial charge in [0.05, 0.1) is 12.5 Å². The number of rotatable bonds is 4. The summed E-state index contributed by atoms with van der Waals surface area (Å²) >= 11 is 0. The molecule has 0 bridgehead atoms. The summed E-state index contributed by atoms with van der Waals surface area (Å²) in [6.45, 7) is 2.72. The molecule has 3 nitrogen and oxygen atoms in total. The Morgan fingerprint density at radius 2 is 2.00 bits per heavy atom. The lowest BCUT2D eigenvalue weighted by Gasteiger charge is -2.24. The van der Waals surface area contributed by atoms with Crippen LogP contribution in [0.15, 0.2) is 24.3 Å². The minimum absolute atomic E-state index is 0.137. The van der Waals surface area contributed by atoms with Crippen molar-refractivity contribution >= 4 is 5.91 Å². The zero-order valence-corrected chi connectivity index (χ0v) is 9.40. The molecule has 0 saturated carbocycles. The van der Waals surface area contributed by atoms with Crippen LogP contribution in [-0.2, 0) is 16.9 Å². The van der Waals surface area contributed by atoms with Gasteiger partial charge in [-0.05, 0) is 25.0 Å². The molecule has 0 spiro atoms. The van der Waals surface area contributed by atoms with Crippen LogP contribution >= 0.6 is 0 Å². The Balaban J connectivity index is 2.90. The predicted octanol–water partition coefficient (Wildman–Crippen LogP) is 1.28. The van der Waals surface area contributed by atoms with Crippen LogP contribution in [0.1, 0.15) is 25.0 Å². The highest BCUT2D eigenvalue weighted by molar-refractivity contribution is 5.76. The van der Waals surface area contributed by atoms with Crippen LogP contribution in [0.5, 0.6) is 0 Å². The van der Waals surface area contributed by atoms with E-state index in [4.69, 9.17) is 5.73 Å². The lowest BCUT2D eigenvalue weighted by atomic mass is 9.92. The SMILES string of the molecule is CC(O)C(C)(F)c1ccc(CC(N)=O)cc1. The van der Waals surface area contributed by atoms with Crippen molar-refractivity contribution in [1.82, 2.24) is 0 Å². The maximum absolute atomic E-state index is 14.0. The van der Waals surface area contributed by atoms with Gasteiger partial charge in [0, 0.05) is 0 Å². The number of benzene rings is 1. The standard InChI is InChI=1S/C12H16FNO2/c1-8(15)12(2,13)10-5-3-9(4-6-10)7-11(14)16/h3-6,8,15H,7H2,1-2H3,(H2,14,16). The fraction of sp³-hybridized carbons (Fsp3) is 0.417. The number of halogens is 1. The number of carbonyl (C=O) groups excluding carboxylic acids is 1. The van der Waals surface area contributed by atoms with Gasteiger partial charge in [0.25, 0.3) is 0 Å². The molecule has 1 aromatic rings. The fourth-order valence-corrected chi connectivity index (χ4v) is 1.39. The fourth-order valence-electron chi connectivity index (χ4n) is 1.39. The number of carbonyl (C=O) groups is 1. The van der Waals surface area contributed by atoms with Gasteiger partial charge in [-0.2, -0.15) is 0 Å². The molecule has 2 atom stereocenters. The maximum Gasteiger partial charge on any atom is 0.221 e. The van der Waals surface area contributed by atoms with Crippen LogP contribution in [0.2, 0.25) is 0 Å². The van der Waals surface area contributed by atoms with E-state index in [2.05, 4.69) is 0 Å². The summed E-state index contributed by atoms with van der Waals surface area (Å²) in [5, 5.41) is 9.30. The molecule has 1 rings (SSSR count). The van der Waals surface area contributed by atoms with Crippen molar-refractivity contribution in [2.45, 2.75) is 32.0 Å². The number of hydrogen-bond acceptors (Lipinski definition) is 2. The molecule has 16 heavy (non-hydrogen) atoms. The quantitative estimate of drug-likeness (QED) is 0.810. The van der Waals surface area contributed by atoms with Crippen LogP contribution in [0.4, 0.5) is 4.39 Å². The lowest BCUT2D eigenvalue weighted by molar-refractivity contribution is -0.117. The highest BCUT2D eigenvalue weighted by atomic mass is 19.1. The number of primary amides is 1. The third-order valence-corrected chi connectivity index (χ3v) is 2.68. The number of amides is 1. The molecule has 0 aliphatic carbocycles. The topological polar surface area (TPSA) is 63.3 Å². The van der Waals surface area contributed by atoms with E-state index in [0.29, 0.717) is 5.56 Å². The van der Waals surface area contributed by atoms with E-state index in [9.17, 15) is 14.3 Å². The Hall–Kier alpha value is -1.42. The van der Waals surface area contributed by atoms with Gasteiger partial charge in [-0.3, -0.25) is 4.79 Å². The molecule has 0 aliphatic rings. The highest BCUT2D eigenvalue weighted by Gasteiger charge is 2.31. The monoisotopic (exact) mass is 225 g/mol. The molecule has 0 heterocycles. The second-order valence-corrected chi connectivity index (χ2v) is 4.09. The predicted molar refractivity (Wildman–Crippen MR) is 59.5 cm³/mol. The van der Waals surface area contributed by atoms with Gasteiger partial charge in [0.2, 0.25) is 5.91 Å². The first-order valence-corrected chi connectivity index (χ1v) is 5.08. The van der Waals surface area contributed by atoms with Gasteiger partial charge in [-0.15, -0.1) is 0 Å². The summed E-state index contributed by atoms with van der Waals surface area (Å²) in [5.41, 5.74) is 4.38. The first-order chi connectivity index (χ1) is 7.34. The molecule has 0 saturated heterocycles. The third kappa shape index (κ3) is 2.79. The van der Waals surface area contributed by atoms with Crippen LogP contribution in [0, 0.1) is 0 Å². The smallest absolute Gasteiger partial charge is 0.221 e. The molecule has 2 unspecified atom stereocenters. The van der Waals surface area contributed by atoms with E-state index in [0.717, 1.165) is 5.56 Å². The number of nitrogens with two attached hydrogens (primary N) is 1. The van der Waals surface area contributed by atoms with E-state index >= 15 is 0 Å². The van der Waals surface area contributed by atoms with Crippen molar-refractivity contribution in [1.29, 1.82) is 0 Å². The molecule has 0 fully saturated rings. The van der Waals surface area contributed by atoms with E-state index in [1.54, 1.807) is 24.3 Å². The van der Waals surface area contributed by atoms with Crippen molar-refractivity contribution in [3.05, 3.63) is 35.4 Å². The Labute approximate surface area is 94.1 Å². The van der Waals surface area contributed by atoms with Gasteiger partial charge in [-0.1, -0.05) is 24.3 Å². The molecule has 3 N–H and O–H groups in total.